The molecule has 0 aromatic heterocycles. The van der Waals surface area contributed by atoms with Gasteiger partial charge in [0.1, 0.15) is 0 Å². The minimum Gasteiger partial charge on any atom is -0.504 e. The highest BCUT2D eigenvalue weighted by Crippen LogP contribution is 2.27. The first-order valence-electron chi connectivity index (χ1n) is 5.86. The van der Waals surface area contributed by atoms with E-state index in [4.69, 9.17) is 4.74 Å². The van der Waals surface area contributed by atoms with Gasteiger partial charge in [0.15, 0.2) is 11.5 Å². The zero-order valence-corrected chi connectivity index (χ0v) is 11.4. The van der Waals surface area contributed by atoms with E-state index in [1.165, 1.54) is 0 Å². The summed E-state index contributed by atoms with van der Waals surface area (Å²) in [4.78, 5) is 2.27. The van der Waals surface area contributed by atoms with Crippen molar-refractivity contribution in [1.29, 1.82) is 0 Å². The van der Waals surface area contributed by atoms with Gasteiger partial charge in [-0.3, -0.25) is 0 Å². The summed E-state index contributed by atoms with van der Waals surface area (Å²) >= 11 is 0. The molecule has 0 heterocycles. The van der Waals surface area contributed by atoms with Gasteiger partial charge in [-0.1, -0.05) is 26.8 Å². The van der Waals surface area contributed by atoms with Crippen molar-refractivity contribution < 1.29 is 9.84 Å². The molecule has 1 N–H and O–H groups in total. The Hall–Kier alpha value is -1.22. The van der Waals surface area contributed by atoms with Crippen LogP contribution >= 0.6 is 0 Å². The van der Waals surface area contributed by atoms with Crippen LogP contribution in [0.15, 0.2) is 18.2 Å². The van der Waals surface area contributed by atoms with Gasteiger partial charge in [0.25, 0.3) is 0 Å². The molecule has 0 aliphatic rings. The van der Waals surface area contributed by atoms with Crippen LogP contribution in [0.5, 0.6) is 11.5 Å². The van der Waals surface area contributed by atoms with E-state index < -0.39 is 0 Å². The van der Waals surface area contributed by atoms with Crippen molar-refractivity contribution in [2.75, 3.05) is 20.7 Å². The third kappa shape index (κ3) is 4.65. The molecule has 1 rings (SSSR count). The number of nitrogens with zero attached hydrogens (tertiary/aromatic N) is 1. The van der Waals surface area contributed by atoms with Crippen LogP contribution in [0.4, 0.5) is 0 Å². The molecule has 3 heteroatoms. The summed E-state index contributed by atoms with van der Waals surface area (Å²) < 4.78 is 5.10. The van der Waals surface area contributed by atoms with E-state index in [2.05, 4.69) is 32.7 Å². The van der Waals surface area contributed by atoms with Gasteiger partial charge < -0.3 is 14.7 Å². The second-order valence-corrected chi connectivity index (χ2v) is 5.74. The van der Waals surface area contributed by atoms with Crippen LogP contribution in [0, 0.1) is 5.41 Å². The van der Waals surface area contributed by atoms with Gasteiger partial charge >= 0.3 is 0 Å². The van der Waals surface area contributed by atoms with E-state index in [-0.39, 0.29) is 11.2 Å². The number of phenolic OH excluding ortho intramolecular Hbond substituents is 1. The molecule has 0 saturated heterocycles. The first kappa shape index (κ1) is 13.8. The van der Waals surface area contributed by atoms with Gasteiger partial charge in [0.2, 0.25) is 0 Å². The van der Waals surface area contributed by atoms with Gasteiger partial charge in [-0.15, -0.1) is 0 Å². The first-order valence-corrected chi connectivity index (χ1v) is 5.86. The molecule has 0 aliphatic carbocycles. The molecule has 0 amide bonds. The van der Waals surface area contributed by atoms with Gasteiger partial charge in [-0.25, -0.2) is 0 Å². The Bertz CT molecular complexity index is 369. The summed E-state index contributed by atoms with van der Waals surface area (Å²) in [5, 5.41) is 9.52. The maximum Gasteiger partial charge on any atom is 0.160 e. The molecular formula is C14H23NO2. The SMILES string of the molecule is COc1cc(CN(C)CC(C)(C)C)ccc1O. The van der Waals surface area contributed by atoms with Crippen LogP contribution in [0.1, 0.15) is 26.3 Å². The summed E-state index contributed by atoms with van der Waals surface area (Å²) in [5.41, 5.74) is 1.43. The molecule has 0 saturated carbocycles. The monoisotopic (exact) mass is 237 g/mol. The normalized spacial score (nSPS) is 11.9. The second-order valence-electron chi connectivity index (χ2n) is 5.74. The number of hydrogen-bond donors (Lipinski definition) is 1. The molecule has 0 fully saturated rings. The second kappa shape index (κ2) is 5.41. The molecule has 0 radical (unpaired) electrons. The lowest BCUT2D eigenvalue weighted by atomic mass is 9.96. The van der Waals surface area contributed by atoms with Crippen molar-refractivity contribution in [2.45, 2.75) is 27.3 Å². The molecule has 96 valence electrons. The predicted octanol–water partition coefficient (Wildman–Crippen LogP) is 2.88. The van der Waals surface area contributed by atoms with E-state index in [1.807, 2.05) is 12.1 Å². The minimum absolute atomic E-state index is 0.190. The van der Waals surface area contributed by atoms with Gasteiger partial charge in [-0.2, -0.15) is 0 Å². The third-order valence-corrected chi connectivity index (χ3v) is 2.44. The van der Waals surface area contributed by atoms with E-state index in [1.54, 1.807) is 13.2 Å². The summed E-state index contributed by atoms with van der Waals surface area (Å²) in [6.45, 7) is 8.55. The fraction of sp³-hybridized carbons (Fsp3) is 0.571. The van der Waals surface area contributed by atoms with Crippen LogP contribution in [-0.4, -0.2) is 30.7 Å². The Morgan fingerprint density at radius 1 is 1.29 bits per heavy atom. The maximum atomic E-state index is 9.52. The van der Waals surface area contributed by atoms with Gasteiger partial charge in [0.05, 0.1) is 7.11 Å². The zero-order chi connectivity index (χ0) is 13.1. The van der Waals surface area contributed by atoms with Crippen molar-refractivity contribution in [3.63, 3.8) is 0 Å². The average Bonchev–Trinajstić information content (AvgIpc) is 2.18. The van der Waals surface area contributed by atoms with Crippen molar-refractivity contribution >= 4 is 0 Å². The smallest absolute Gasteiger partial charge is 0.160 e. The highest BCUT2D eigenvalue weighted by molar-refractivity contribution is 5.41. The zero-order valence-electron chi connectivity index (χ0n) is 11.4. The predicted molar refractivity (Wildman–Crippen MR) is 70.4 cm³/mol. The van der Waals surface area contributed by atoms with E-state index >= 15 is 0 Å². The first-order chi connectivity index (χ1) is 7.81. The minimum atomic E-state index is 0.190. The molecule has 0 unspecified atom stereocenters. The molecule has 0 aliphatic heterocycles. The Morgan fingerprint density at radius 2 is 1.94 bits per heavy atom. The van der Waals surface area contributed by atoms with Crippen molar-refractivity contribution in [2.24, 2.45) is 5.41 Å². The summed E-state index contributed by atoms with van der Waals surface area (Å²) in [6, 6.07) is 5.49. The van der Waals surface area contributed by atoms with E-state index in [9.17, 15) is 5.11 Å². The lowest BCUT2D eigenvalue weighted by molar-refractivity contribution is 0.220. The van der Waals surface area contributed by atoms with Crippen molar-refractivity contribution in [3.05, 3.63) is 23.8 Å². The molecule has 1 aromatic carbocycles. The number of methoxy groups -OCH3 is 1. The number of rotatable bonds is 4. The third-order valence-electron chi connectivity index (χ3n) is 2.44. The highest BCUT2D eigenvalue weighted by atomic mass is 16.5. The molecule has 17 heavy (non-hydrogen) atoms. The lowest BCUT2D eigenvalue weighted by Gasteiger charge is -2.26. The Balaban J connectivity index is 2.68. The Morgan fingerprint density at radius 3 is 2.47 bits per heavy atom. The van der Waals surface area contributed by atoms with E-state index in [0.717, 1.165) is 18.7 Å². The van der Waals surface area contributed by atoms with Crippen molar-refractivity contribution in [1.82, 2.24) is 4.90 Å². The highest BCUT2D eigenvalue weighted by Gasteiger charge is 2.14. The Kier molecular flexibility index (Phi) is 4.40. The standard InChI is InChI=1S/C14H23NO2/c1-14(2,3)10-15(4)9-11-6-7-12(16)13(8-11)17-5/h6-8,16H,9-10H2,1-5H3. The fourth-order valence-electron chi connectivity index (χ4n) is 2.00. The largest absolute Gasteiger partial charge is 0.504 e. The van der Waals surface area contributed by atoms with Crippen LogP contribution < -0.4 is 4.74 Å². The molecular weight excluding hydrogens is 214 g/mol. The number of benzene rings is 1. The van der Waals surface area contributed by atoms with Crippen LogP contribution in [0.3, 0.4) is 0 Å². The van der Waals surface area contributed by atoms with Crippen LogP contribution in [0.2, 0.25) is 0 Å². The molecule has 3 nitrogen and oxygen atoms in total. The number of aromatic hydroxyl groups is 1. The summed E-state index contributed by atoms with van der Waals surface area (Å²) in [6.07, 6.45) is 0. The Labute approximate surface area is 104 Å². The topological polar surface area (TPSA) is 32.7 Å². The van der Waals surface area contributed by atoms with Gasteiger partial charge in [-0.05, 0) is 30.2 Å². The maximum absolute atomic E-state index is 9.52. The number of ether oxygens (including phenoxy) is 1. The molecule has 0 atom stereocenters. The quantitative estimate of drug-likeness (QED) is 0.874. The molecule has 0 bridgehead atoms. The number of phenols is 1. The van der Waals surface area contributed by atoms with Crippen molar-refractivity contribution in [3.8, 4) is 11.5 Å². The van der Waals surface area contributed by atoms with E-state index in [0.29, 0.717) is 5.75 Å². The van der Waals surface area contributed by atoms with Crippen LogP contribution in [-0.2, 0) is 6.54 Å². The molecule has 0 spiro atoms. The summed E-state index contributed by atoms with van der Waals surface area (Å²) in [5.74, 6) is 0.724. The summed E-state index contributed by atoms with van der Waals surface area (Å²) in [7, 11) is 3.67. The fourth-order valence-corrected chi connectivity index (χ4v) is 2.00. The molecule has 1 aromatic rings. The number of hydrogen-bond acceptors (Lipinski definition) is 3. The average molecular weight is 237 g/mol. The lowest BCUT2D eigenvalue weighted by Crippen LogP contribution is -2.28. The van der Waals surface area contributed by atoms with Crippen LogP contribution in [0.25, 0.3) is 0 Å². The van der Waals surface area contributed by atoms with Gasteiger partial charge in [0, 0.05) is 13.1 Å².